The molecule has 132 valence electrons. The Hall–Kier alpha value is -2.93. The second-order valence-electron chi connectivity index (χ2n) is 6.32. The Balaban J connectivity index is 1.62. The van der Waals surface area contributed by atoms with Crippen molar-refractivity contribution in [3.05, 3.63) is 68.2 Å². The summed E-state index contributed by atoms with van der Waals surface area (Å²) < 4.78 is 10.9. The van der Waals surface area contributed by atoms with E-state index in [1.54, 1.807) is 6.07 Å². The van der Waals surface area contributed by atoms with Crippen molar-refractivity contribution < 1.29 is 18.9 Å². The Bertz CT molecular complexity index is 991. The van der Waals surface area contributed by atoms with Crippen LogP contribution in [-0.4, -0.2) is 16.8 Å². The summed E-state index contributed by atoms with van der Waals surface area (Å²) in [6.45, 7) is 2.15. The van der Waals surface area contributed by atoms with Crippen LogP contribution in [0, 0.1) is 16.0 Å². The van der Waals surface area contributed by atoms with Crippen molar-refractivity contribution in [2.45, 2.75) is 19.3 Å². The van der Waals surface area contributed by atoms with Crippen LogP contribution < -0.4 is 0 Å². The van der Waals surface area contributed by atoms with Crippen molar-refractivity contribution in [2.24, 2.45) is 10.9 Å². The number of furan rings is 1. The van der Waals surface area contributed by atoms with Gasteiger partial charge < -0.3 is 9.15 Å². The number of carbonyl (C=O) groups excluding carboxylic acids is 1. The van der Waals surface area contributed by atoms with Crippen LogP contribution in [0.3, 0.4) is 0 Å². The van der Waals surface area contributed by atoms with Gasteiger partial charge in [-0.3, -0.25) is 10.1 Å². The van der Waals surface area contributed by atoms with Gasteiger partial charge in [0.25, 0.3) is 5.69 Å². The van der Waals surface area contributed by atoms with Crippen molar-refractivity contribution in [2.75, 3.05) is 0 Å². The molecule has 1 aromatic heterocycles. The molecular weight excluding hydrogens is 360 g/mol. The lowest BCUT2D eigenvalue weighted by Crippen LogP contribution is -2.06. The molecule has 0 saturated heterocycles. The van der Waals surface area contributed by atoms with Crippen LogP contribution in [0.15, 0.2) is 45.4 Å². The van der Waals surface area contributed by atoms with Crippen LogP contribution in [0.4, 0.5) is 5.69 Å². The van der Waals surface area contributed by atoms with Crippen molar-refractivity contribution in [3.63, 3.8) is 0 Å². The van der Waals surface area contributed by atoms with Gasteiger partial charge in [-0.15, -0.1) is 0 Å². The monoisotopic (exact) mass is 372 g/mol. The normalized spacial score (nSPS) is 23.1. The van der Waals surface area contributed by atoms with Crippen molar-refractivity contribution in [3.8, 4) is 0 Å². The van der Waals surface area contributed by atoms with Crippen LogP contribution in [0.1, 0.15) is 36.3 Å². The molecule has 7 nitrogen and oxygen atoms in total. The number of ether oxygens (including phenoxy) is 1. The molecular formula is C18H13ClN2O5. The molecule has 0 N–H and O–H groups in total. The first-order valence-corrected chi connectivity index (χ1v) is 8.37. The number of carbonyl (C=O) groups is 1. The Labute approximate surface area is 153 Å². The van der Waals surface area contributed by atoms with Gasteiger partial charge in [0.15, 0.2) is 5.70 Å². The molecule has 1 aliphatic heterocycles. The molecule has 26 heavy (non-hydrogen) atoms. The standard InChI is InChI=1S/C18H13ClN2O5/c1-9-6-12(9)16-5-3-11(25-16)8-14-18(22)26-17(20-14)10-2-4-13(19)15(7-10)21(23)24/h2-5,7-9,12H,6H2,1H3/b14-8-/t9-,12+/m0/s1. The van der Waals surface area contributed by atoms with Gasteiger partial charge in [-0.25, -0.2) is 9.79 Å². The van der Waals surface area contributed by atoms with Gasteiger partial charge in [0, 0.05) is 23.6 Å². The maximum atomic E-state index is 12.0. The van der Waals surface area contributed by atoms with Crippen molar-refractivity contribution in [1.82, 2.24) is 0 Å². The van der Waals surface area contributed by atoms with Gasteiger partial charge in [0.05, 0.1) is 4.92 Å². The number of halogens is 1. The third kappa shape index (κ3) is 3.01. The second kappa shape index (κ2) is 6.10. The van der Waals surface area contributed by atoms with E-state index >= 15 is 0 Å². The lowest BCUT2D eigenvalue weighted by Gasteiger charge is -2.00. The fourth-order valence-electron chi connectivity index (χ4n) is 2.82. The number of hydrogen-bond acceptors (Lipinski definition) is 6. The Kier molecular flexibility index (Phi) is 3.88. The van der Waals surface area contributed by atoms with Gasteiger partial charge in [0.1, 0.15) is 16.5 Å². The molecule has 0 bridgehead atoms. The van der Waals surface area contributed by atoms with E-state index in [-0.39, 0.29) is 22.3 Å². The van der Waals surface area contributed by atoms with E-state index in [4.69, 9.17) is 20.8 Å². The minimum atomic E-state index is -0.643. The number of rotatable bonds is 4. The average Bonchev–Trinajstić information content (AvgIpc) is 3.00. The van der Waals surface area contributed by atoms with E-state index in [0.717, 1.165) is 12.2 Å². The topological polar surface area (TPSA) is 94.9 Å². The predicted octanol–water partition coefficient (Wildman–Crippen LogP) is 4.31. The van der Waals surface area contributed by atoms with Crippen LogP contribution in [-0.2, 0) is 9.53 Å². The number of hydrogen-bond donors (Lipinski definition) is 0. The van der Waals surface area contributed by atoms with Gasteiger partial charge >= 0.3 is 5.97 Å². The molecule has 0 radical (unpaired) electrons. The number of benzene rings is 1. The van der Waals surface area contributed by atoms with E-state index in [2.05, 4.69) is 11.9 Å². The zero-order valence-electron chi connectivity index (χ0n) is 13.6. The number of esters is 1. The van der Waals surface area contributed by atoms with Crippen LogP contribution in [0.2, 0.25) is 5.02 Å². The highest BCUT2D eigenvalue weighted by Gasteiger charge is 2.36. The minimum absolute atomic E-state index is 0.00291. The first-order chi connectivity index (χ1) is 12.4. The van der Waals surface area contributed by atoms with Crippen molar-refractivity contribution in [1.29, 1.82) is 0 Å². The molecule has 2 atom stereocenters. The molecule has 2 aliphatic rings. The van der Waals surface area contributed by atoms with Gasteiger partial charge in [-0.2, -0.15) is 0 Å². The molecule has 2 aromatic rings. The smallest absolute Gasteiger partial charge is 0.363 e. The van der Waals surface area contributed by atoms with E-state index in [1.165, 1.54) is 24.3 Å². The Morgan fingerprint density at radius 3 is 2.81 bits per heavy atom. The summed E-state index contributed by atoms with van der Waals surface area (Å²) in [6, 6.07) is 7.76. The van der Waals surface area contributed by atoms with E-state index in [9.17, 15) is 14.9 Å². The van der Waals surface area contributed by atoms with Gasteiger partial charge in [0.2, 0.25) is 5.90 Å². The van der Waals surface area contributed by atoms with Crippen LogP contribution >= 0.6 is 11.6 Å². The quantitative estimate of drug-likeness (QED) is 0.345. The largest absolute Gasteiger partial charge is 0.461 e. The third-order valence-corrected chi connectivity index (χ3v) is 4.73. The Morgan fingerprint density at radius 2 is 2.12 bits per heavy atom. The number of nitro groups is 1. The number of nitro benzene ring substituents is 1. The number of aliphatic imine (C=N–C) groups is 1. The summed E-state index contributed by atoms with van der Waals surface area (Å²) in [5.74, 6) is 1.81. The molecule has 2 heterocycles. The Morgan fingerprint density at radius 1 is 1.35 bits per heavy atom. The minimum Gasteiger partial charge on any atom is -0.461 e. The fraction of sp³-hybridized carbons (Fsp3) is 0.222. The molecule has 1 aliphatic carbocycles. The summed E-state index contributed by atoms with van der Waals surface area (Å²) in [5.41, 5.74) is 0.0849. The lowest BCUT2D eigenvalue weighted by molar-refractivity contribution is -0.384. The summed E-state index contributed by atoms with van der Waals surface area (Å²) >= 11 is 5.79. The molecule has 0 amide bonds. The SMILES string of the molecule is C[C@H]1C[C@H]1c1ccc(/C=C2\N=C(c3ccc(Cl)c([N+](=O)[O-])c3)OC2=O)o1. The number of cyclic esters (lactones) is 1. The first kappa shape index (κ1) is 16.5. The van der Waals surface area contributed by atoms with Gasteiger partial charge in [-0.05, 0) is 36.6 Å². The van der Waals surface area contributed by atoms with Crippen molar-refractivity contribution >= 4 is 35.2 Å². The van der Waals surface area contributed by atoms with Crippen LogP contribution in [0.5, 0.6) is 0 Å². The molecule has 0 spiro atoms. The average molecular weight is 373 g/mol. The summed E-state index contributed by atoms with van der Waals surface area (Å²) in [6.07, 6.45) is 2.60. The maximum absolute atomic E-state index is 12.0. The molecule has 1 saturated carbocycles. The lowest BCUT2D eigenvalue weighted by atomic mass is 10.2. The predicted molar refractivity (Wildman–Crippen MR) is 93.9 cm³/mol. The molecule has 1 fully saturated rings. The maximum Gasteiger partial charge on any atom is 0.363 e. The zero-order chi connectivity index (χ0) is 18.4. The van der Waals surface area contributed by atoms with E-state index in [1.807, 2.05) is 6.07 Å². The van der Waals surface area contributed by atoms with E-state index < -0.39 is 10.9 Å². The molecule has 0 unspecified atom stereocenters. The van der Waals surface area contributed by atoms with Gasteiger partial charge in [-0.1, -0.05) is 18.5 Å². The number of nitrogens with zero attached hydrogens (tertiary/aromatic N) is 2. The summed E-state index contributed by atoms with van der Waals surface area (Å²) in [4.78, 5) is 26.6. The fourth-order valence-corrected chi connectivity index (χ4v) is 3.00. The van der Waals surface area contributed by atoms with E-state index in [0.29, 0.717) is 23.2 Å². The third-order valence-electron chi connectivity index (χ3n) is 4.41. The van der Waals surface area contributed by atoms with Crippen LogP contribution in [0.25, 0.3) is 6.08 Å². The second-order valence-corrected chi connectivity index (χ2v) is 6.73. The molecule has 4 rings (SSSR count). The summed E-state index contributed by atoms with van der Waals surface area (Å²) in [5, 5.41) is 11.0. The highest BCUT2D eigenvalue weighted by Crippen LogP contribution is 2.47. The highest BCUT2D eigenvalue weighted by molar-refractivity contribution is 6.32. The summed E-state index contributed by atoms with van der Waals surface area (Å²) in [7, 11) is 0. The molecule has 1 aromatic carbocycles. The molecule has 8 heteroatoms. The highest BCUT2D eigenvalue weighted by atomic mass is 35.5. The first-order valence-electron chi connectivity index (χ1n) is 7.99. The zero-order valence-corrected chi connectivity index (χ0v) is 14.4.